The van der Waals surface area contributed by atoms with Crippen molar-refractivity contribution in [2.24, 2.45) is 0 Å². The zero-order valence-corrected chi connectivity index (χ0v) is 18.4. The van der Waals surface area contributed by atoms with Gasteiger partial charge in [0.15, 0.2) is 0 Å². The summed E-state index contributed by atoms with van der Waals surface area (Å²) >= 11 is 0. The summed E-state index contributed by atoms with van der Waals surface area (Å²) in [6, 6.07) is 3.29. The Hall–Kier alpha value is -2.69. The van der Waals surface area contributed by atoms with E-state index in [0.717, 1.165) is 52.9 Å². The quantitative estimate of drug-likeness (QED) is 0.680. The fourth-order valence-electron chi connectivity index (χ4n) is 5.65. The number of halogens is 3. The molecule has 0 bridgehead atoms. The van der Waals surface area contributed by atoms with Crippen LogP contribution in [0.15, 0.2) is 18.2 Å². The van der Waals surface area contributed by atoms with E-state index >= 15 is 0 Å². The maximum absolute atomic E-state index is 13.7. The molecule has 4 aliphatic heterocycles. The normalized spacial score (nSPS) is 25.9. The molecule has 1 aromatic heterocycles. The van der Waals surface area contributed by atoms with Crippen LogP contribution in [-0.2, 0) is 58.0 Å². The van der Waals surface area contributed by atoms with E-state index in [9.17, 15) is 18.0 Å². The van der Waals surface area contributed by atoms with Gasteiger partial charge in [0.05, 0.1) is 49.8 Å². The summed E-state index contributed by atoms with van der Waals surface area (Å²) in [7, 11) is 0. The second-order valence-electron chi connectivity index (χ2n) is 9.26. The average molecular weight is 475 g/mol. The third kappa shape index (κ3) is 3.47. The Morgan fingerprint density at radius 2 is 1.91 bits per heavy atom. The second kappa shape index (κ2) is 7.93. The van der Waals surface area contributed by atoms with Crippen LogP contribution in [0.5, 0.6) is 0 Å². The van der Waals surface area contributed by atoms with Crippen LogP contribution in [-0.4, -0.2) is 34.5 Å². The minimum Gasteiger partial charge on any atom is -0.383 e. The number of nitrogen functional groups attached to an aromatic ring is 1. The van der Waals surface area contributed by atoms with Crippen molar-refractivity contribution in [3.63, 3.8) is 0 Å². The summed E-state index contributed by atoms with van der Waals surface area (Å²) in [4.78, 5) is 19.9. The molecule has 4 aliphatic rings. The van der Waals surface area contributed by atoms with Gasteiger partial charge in [-0.2, -0.15) is 13.2 Å². The van der Waals surface area contributed by atoms with Crippen molar-refractivity contribution in [3.8, 4) is 0 Å². The summed E-state index contributed by atoms with van der Waals surface area (Å²) in [6.45, 7) is 1.62. The number of piperidine rings is 1. The first kappa shape index (κ1) is 21.8. The van der Waals surface area contributed by atoms with Crippen LogP contribution in [0, 0.1) is 0 Å². The number of benzene rings is 1. The lowest BCUT2D eigenvalue weighted by Gasteiger charge is -2.46. The highest BCUT2D eigenvalue weighted by Gasteiger charge is 2.44. The zero-order valence-electron chi connectivity index (χ0n) is 18.4. The molecule has 34 heavy (non-hydrogen) atoms. The number of hydrogen-bond acceptors (Lipinski definition) is 6. The lowest BCUT2D eigenvalue weighted by Crippen LogP contribution is -2.52. The van der Waals surface area contributed by atoms with Crippen molar-refractivity contribution in [1.82, 2.24) is 9.88 Å². The first-order chi connectivity index (χ1) is 16.3. The fourth-order valence-corrected chi connectivity index (χ4v) is 5.65. The van der Waals surface area contributed by atoms with Gasteiger partial charge in [-0.05, 0) is 47.2 Å². The number of rotatable bonds is 1. The molecule has 1 amide bonds. The number of likely N-dealkylation sites (tertiary alicyclic amines) is 1. The highest BCUT2D eigenvalue weighted by atomic mass is 19.4. The van der Waals surface area contributed by atoms with E-state index in [4.69, 9.17) is 19.9 Å². The number of hydrogen-bond donors (Lipinski definition) is 1. The van der Waals surface area contributed by atoms with Crippen molar-refractivity contribution >= 4 is 11.7 Å². The van der Waals surface area contributed by atoms with Crippen LogP contribution < -0.4 is 5.73 Å². The number of nitrogens with two attached hydrogens (primary N) is 1. The summed E-state index contributed by atoms with van der Waals surface area (Å²) < 4.78 is 57.1. The molecule has 1 fully saturated rings. The zero-order chi connectivity index (χ0) is 23.6. The minimum atomic E-state index is -4.43. The Morgan fingerprint density at radius 1 is 1.09 bits per heavy atom. The number of pyridine rings is 1. The van der Waals surface area contributed by atoms with E-state index in [1.54, 1.807) is 4.90 Å². The molecule has 2 N–H and O–H groups in total. The smallest absolute Gasteiger partial charge is 0.383 e. The first-order valence-electron chi connectivity index (χ1n) is 11.4. The highest BCUT2D eigenvalue weighted by Crippen LogP contribution is 2.42. The van der Waals surface area contributed by atoms with Crippen LogP contribution in [0.1, 0.15) is 58.0 Å². The number of anilines is 1. The molecular formula is C24H24F3N3O4. The number of nitrogens with zero attached hydrogens (tertiary/aromatic N) is 2. The van der Waals surface area contributed by atoms with Crippen LogP contribution in [0.3, 0.4) is 0 Å². The monoisotopic (exact) mass is 475 g/mol. The van der Waals surface area contributed by atoms with Crippen molar-refractivity contribution in [2.75, 3.05) is 12.3 Å². The van der Waals surface area contributed by atoms with E-state index in [1.165, 1.54) is 6.07 Å². The molecule has 3 atom stereocenters. The van der Waals surface area contributed by atoms with Gasteiger partial charge in [0.1, 0.15) is 11.9 Å². The van der Waals surface area contributed by atoms with Crippen molar-refractivity contribution < 1.29 is 32.2 Å². The van der Waals surface area contributed by atoms with Gasteiger partial charge < -0.3 is 24.8 Å². The van der Waals surface area contributed by atoms with Crippen LogP contribution in [0.25, 0.3) is 0 Å². The molecule has 180 valence electrons. The van der Waals surface area contributed by atoms with Gasteiger partial charge in [0.25, 0.3) is 5.91 Å². The molecule has 0 saturated carbocycles. The van der Waals surface area contributed by atoms with Gasteiger partial charge in [-0.1, -0.05) is 6.07 Å². The van der Waals surface area contributed by atoms with Gasteiger partial charge in [-0.15, -0.1) is 0 Å². The number of carbonyl (C=O) groups excluding carboxylic acids is 1. The Bertz CT molecular complexity index is 1170. The lowest BCUT2D eigenvalue weighted by molar-refractivity contribution is -0.158. The van der Waals surface area contributed by atoms with E-state index in [1.807, 2.05) is 0 Å². The number of aromatic nitrogens is 1. The fraction of sp³-hybridized carbons (Fsp3) is 0.500. The van der Waals surface area contributed by atoms with Crippen molar-refractivity contribution in [3.05, 3.63) is 57.3 Å². The summed E-state index contributed by atoms with van der Waals surface area (Å²) in [5.41, 5.74) is 10.1. The Balaban J connectivity index is 1.30. The maximum atomic E-state index is 13.7. The van der Waals surface area contributed by atoms with Gasteiger partial charge in [-0.25, -0.2) is 4.98 Å². The molecule has 7 nitrogen and oxygen atoms in total. The van der Waals surface area contributed by atoms with Crippen LogP contribution >= 0.6 is 0 Å². The lowest BCUT2D eigenvalue weighted by atomic mass is 9.85. The van der Waals surface area contributed by atoms with Crippen molar-refractivity contribution in [1.29, 1.82) is 0 Å². The largest absolute Gasteiger partial charge is 0.416 e. The van der Waals surface area contributed by atoms with Gasteiger partial charge in [-0.3, -0.25) is 4.79 Å². The number of carbonyl (C=O) groups is 1. The van der Waals surface area contributed by atoms with Crippen LogP contribution in [0.4, 0.5) is 19.0 Å². The van der Waals surface area contributed by atoms with E-state index in [2.05, 4.69) is 4.98 Å². The minimum absolute atomic E-state index is 0.106. The van der Waals surface area contributed by atoms with E-state index in [-0.39, 0.29) is 25.2 Å². The predicted molar refractivity (Wildman–Crippen MR) is 113 cm³/mol. The number of ether oxygens (including phenoxy) is 3. The third-order valence-corrected chi connectivity index (χ3v) is 7.32. The number of alkyl halides is 3. The maximum Gasteiger partial charge on any atom is 0.416 e. The predicted octanol–water partition coefficient (Wildman–Crippen LogP) is 3.42. The topological polar surface area (TPSA) is 86.9 Å². The summed E-state index contributed by atoms with van der Waals surface area (Å²) in [5.74, 6) is 0.258. The van der Waals surface area contributed by atoms with Gasteiger partial charge in [0, 0.05) is 18.5 Å². The van der Waals surface area contributed by atoms with Crippen LogP contribution in [0.2, 0.25) is 0 Å². The van der Waals surface area contributed by atoms with Crippen molar-refractivity contribution in [2.45, 2.75) is 70.1 Å². The number of fused-ring (bicyclic) bond motifs is 6. The molecule has 1 saturated heterocycles. The van der Waals surface area contributed by atoms with Gasteiger partial charge >= 0.3 is 6.18 Å². The summed E-state index contributed by atoms with van der Waals surface area (Å²) in [6.07, 6.45) is -3.52. The molecule has 0 spiro atoms. The molecule has 0 unspecified atom stereocenters. The first-order valence-corrected chi connectivity index (χ1v) is 11.4. The molecule has 5 heterocycles. The van der Waals surface area contributed by atoms with E-state index in [0.29, 0.717) is 37.6 Å². The second-order valence-corrected chi connectivity index (χ2v) is 9.26. The molecule has 10 heteroatoms. The third-order valence-electron chi connectivity index (χ3n) is 7.32. The number of amides is 1. The van der Waals surface area contributed by atoms with Gasteiger partial charge in [0.2, 0.25) is 0 Å². The standard InChI is InChI=1S/C24H24F3N3O4/c25-24(26,27)13-3-4-14-12(6-13)8-33-19-2-1-5-30(21(14)19)23(31)20-7-15-16-9-32-10-17(16)22(28)29-18(15)11-34-20/h3-4,6,19-21H,1-2,5,7-11H2,(H2,28,29)/t19-,20-,21-/m0/s1. The Kier molecular flexibility index (Phi) is 5.09. The summed E-state index contributed by atoms with van der Waals surface area (Å²) in [5, 5.41) is 0. The molecule has 2 aromatic rings. The highest BCUT2D eigenvalue weighted by molar-refractivity contribution is 5.82. The average Bonchev–Trinajstić information content (AvgIpc) is 3.33. The molecule has 1 aromatic carbocycles. The molecule has 0 aliphatic carbocycles. The SMILES string of the molecule is Nc1nc2c(c3c1COC3)C[C@@H](C(=O)N1CCC[C@@H]3OCc4cc(C(F)(F)F)ccc4[C@@H]31)OC2. The molecular weight excluding hydrogens is 451 g/mol. The Morgan fingerprint density at radius 3 is 2.74 bits per heavy atom. The molecule has 6 rings (SSSR count). The van der Waals surface area contributed by atoms with E-state index < -0.39 is 23.9 Å². The Labute approximate surface area is 194 Å². The molecule has 0 radical (unpaired) electrons.